The number of hydrogen-bond donors (Lipinski definition) is 4. The van der Waals surface area contributed by atoms with Crippen molar-refractivity contribution in [2.75, 3.05) is 18.4 Å². The maximum Gasteiger partial charge on any atom is 0.253 e. The first-order valence-corrected chi connectivity index (χ1v) is 8.05. The third-order valence-corrected chi connectivity index (χ3v) is 3.52. The highest BCUT2D eigenvalue weighted by Gasteiger charge is 2.18. The van der Waals surface area contributed by atoms with E-state index >= 15 is 0 Å². The van der Waals surface area contributed by atoms with E-state index in [4.69, 9.17) is 17.3 Å². The van der Waals surface area contributed by atoms with Crippen molar-refractivity contribution >= 4 is 35.0 Å². The molecule has 0 fully saturated rings. The Hall–Kier alpha value is -2.12. The van der Waals surface area contributed by atoms with Crippen molar-refractivity contribution in [3.05, 3.63) is 28.8 Å². The van der Waals surface area contributed by atoms with Gasteiger partial charge >= 0.3 is 0 Å². The van der Waals surface area contributed by atoms with E-state index in [9.17, 15) is 14.4 Å². The number of amides is 3. The fourth-order valence-electron chi connectivity index (χ4n) is 1.86. The van der Waals surface area contributed by atoms with Gasteiger partial charge in [-0.15, -0.1) is 0 Å². The quantitative estimate of drug-likeness (QED) is 0.587. The first-order chi connectivity index (χ1) is 11.3. The molecule has 1 rings (SSSR count). The molecule has 1 aromatic rings. The number of hydrogen-bond acceptors (Lipinski definition) is 4. The fraction of sp³-hybridized carbons (Fsp3) is 0.438. The summed E-state index contributed by atoms with van der Waals surface area (Å²) in [6.45, 7) is 5.63. The van der Waals surface area contributed by atoms with E-state index in [2.05, 4.69) is 16.0 Å². The van der Waals surface area contributed by atoms with Gasteiger partial charge in [0.15, 0.2) is 0 Å². The van der Waals surface area contributed by atoms with E-state index in [1.807, 2.05) is 13.8 Å². The maximum absolute atomic E-state index is 12.0. The number of benzene rings is 1. The summed E-state index contributed by atoms with van der Waals surface area (Å²) >= 11 is 5.92. The van der Waals surface area contributed by atoms with E-state index in [1.165, 1.54) is 12.1 Å². The molecule has 8 heteroatoms. The van der Waals surface area contributed by atoms with Crippen molar-refractivity contribution in [3.63, 3.8) is 0 Å². The molecule has 132 valence electrons. The molecule has 5 N–H and O–H groups in total. The van der Waals surface area contributed by atoms with E-state index in [0.29, 0.717) is 17.1 Å². The van der Waals surface area contributed by atoms with Gasteiger partial charge in [0.05, 0.1) is 23.8 Å². The van der Waals surface area contributed by atoms with Crippen LogP contribution in [-0.4, -0.2) is 36.9 Å². The van der Waals surface area contributed by atoms with Gasteiger partial charge in [0.25, 0.3) is 5.91 Å². The number of rotatable bonds is 7. The smallest absolute Gasteiger partial charge is 0.253 e. The van der Waals surface area contributed by atoms with Crippen molar-refractivity contribution in [2.24, 2.45) is 11.7 Å². The number of carbonyl (C=O) groups is 3. The van der Waals surface area contributed by atoms with Crippen LogP contribution in [0.3, 0.4) is 0 Å². The van der Waals surface area contributed by atoms with Gasteiger partial charge in [-0.2, -0.15) is 0 Å². The first kappa shape index (κ1) is 19.9. The second kappa shape index (κ2) is 9.24. The van der Waals surface area contributed by atoms with Crippen molar-refractivity contribution < 1.29 is 14.4 Å². The zero-order valence-corrected chi connectivity index (χ0v) is 14.7. The topological polar surface area (TPSA) is 113 Å². The average molecular weight is 355 g/mol. The van der Waals surface area contributed by atoms with Gasteiger partial charge in [-0.3, -0.25) is 14.4 Å². The Morgan fingerprint density at radius 1 is 1.21 bits per heavy atom. The molecule has 0 saturated heterocycles. The molecule has 1 atom stereocenters. The monoisotopic (exact) mass is 354 g/mol. The number of carbonyl (C=O) groups excluding carboxylic acids is 3. The highest BCUT2D eigenvalue weighted by Crippen LogP contribution is 2.21. The molecular weight excluding hydrogens is 332 g/mol. The summed E-state index contributed by atoms with van der Waals surface area (Å²) in [6, 6.07) is 3.88. The summed E-state index contributed by atoms with van der Waals surface area (Å²) in [7, 11) is 0. The molecule has 0 aliphatic rings. The highest BCUT2D eigenvalue weighted by atomic mass is 35.5. The Kier molecular flexibility index (Phi) is 7.67. The molecule has 0 radical (unpaired) electrons. The first-order valence-electron chi connectivity index (χ1n) is 7.67. The van der Waals surface area contributed by atoms with Gasteiger partial charge < -0.3 is 21.7 Å². The number of nitrogens with one attached hydrogen (secondary N) is 3. The van der Waals surface area contributed by atoms with E-state index in [-0.39, 0.29) is 24.1 Å². The lowest BCUT2D eigenvalue weighted by molar-refractivity contribution is -0.125. The van der Waals surface area contributed by atoms with Gasteiger partial charge in [0.2, 0.25) is 11.8 Å². The van der Waals surface area contributed by atoms with Crippen LogP contribution < -0.4 is 21.7 Å². The Balaban J connectivity index is 2.74. The molecule has 0 heterocycles. The lowest BCUT2D eigenvalue weighted by atomic mass is 10.1. The van der Waals surface area contributed by atoms with Crippen molar-refractivity contribution in [2.45, 2.75) is 26.8 Å². The summed E-state index contributed by atoms with van der Waals surface area (Å²) in [6.07, 6.45) is 0. The van der Waals surface area contributed by atoms with Crippen LogP contribution in [0, 0.1) is 5.92 Å². The molecule has 3 amide bonds. The van der Waals surface area contributed by atoms with Crippen LogP contribution in [0.15, 0.2) is 18.2 Å². The molecule has 0 bridgehead atoms. The SMILES string of the molecule is CCNC(=O)c1ccc(Cl)cc1NC(=O)CNC(=O)[C@@H](N)C(C)C. The standard InChI is InChI=1S/C16H23ClN4O3/c1-4-19-15(23)11-6-5-10(17)7-12(11)21-13(22)8-20-16(24)14(18)9(2)3/h5-7,9,14H,4,8,18H2,1-3H3,(H,19,23)(H,20,24)(H,21,22)/t14-/m0/s1. The maximum atomic E-state index is 12.0. The van der Waals surface area contributed by atoms with E-state index in [1.54, 1.807) is 13.0 Å². The molecule has 0 spiro atoms. The van der Waals surface area contributed by atoms with E-state index in [0.717, 1.165) is 0 Å². The predicted molar refractivity (Wildman–Crippen MR) is 93.9 cm³/mol. The average Bonchev–Trinajstić information content (AvgIpc) is 2.52. The molecule has 0 aromatic heterocycles. The minimum Gasteiger partial charge on any atom is -0.352 e. The molecule has 0 saturated carbocycles. The largest absolute Gasteiger partial charge is 0.352 e. The molecule has 0 unspecified atom stereocenters. The van der Waals surface area contributed by atoms with Gasteiger partial charge in [-0.25, -0.2) is 0 Å². The summed E-state index contributed by atoms with van der Waals surface area (Å²) in [4.78, 5) is 35.8. The number of nitrogens with two attached hydrogens (primary N) is 1. The van der Waals surface area contributed by atoms with Crippen LogP contribution in [0.2, 0.25) is 5.02 Å². The summed E-state index contributed by atoms with van der Waals surface area (Å²) in [5.41, 5.74) is 6.27. The lowest BCUT2D eigenvalue weighted by Crippen LogP contribution is -2.46. The Morgan fingerprint density at radius 2 is 1.88 bits per heavy atom. The zero-order chi connectivity index (χ0) is 18.3. The van der Waals surface area contributed by atoms with Gasteiger partial charge in [-0.05, 0) is 31.0 Å². The summed E-state index contributed by atoms with van der Waals surface area (Å²) < 4.78 is 0. The van der Waals surface area contributed by atoms with Crippen molar-refractivity contribution in [3.8, 4) is 0 Å². The van der Waals surface area contributed by atoms with Gasteiger partial charge in [0.1, 0.15) is 0 Å². The van der Waals surface area contributed by atoms with Crippen LogP contribution in [0.4, 0.5) is 5.69 Å². The van der Waals surface area contributed by atoms with Gasteiger partial charge in [0, 0.05) is 11.6 Å². The highest BCUT2D eigenvalue weighted by molar-refractivity contribution is 6.31. The Labute approximate surface area is 146 Å². The molecule has 24 heavy (non-hydrogen) atoms. The van der Waals surface area contributed by atoms with Crippen molar-refractivity contribution in [1.82, 2.24) is 10.6 Å². The Morgan fingerprint density at radius 3 is 2.46 bits per heavy atom. The fourth-order valence-corrected chi connectivity index (χ4v) is 2.03. The molecular formula is C16H23ClN4O3. The van der Waals surface area contributed by atoms with Crippen LogP contribution >= 0.6 is 11.6 Å². The summed E-state index contributed by atoms with van der Waals surface area (Å²) in [5, 5.41) is 8.07. The predicted octanol–water partition coefficient (Wildman–Crippen LogP) is 1.13. The van der Waals surface area contributed by atoms with Crippen LogP contribution in [0.1, 0.15) is 31.1 Å². The second-order valence-electron chi connectivity index (χ2n) is 5.59. The minimum absolute atomic E-state index is 0.0367. The zero-order valence-electron chi connectivity index (χ0n) is 14.0. The Bertz CT molecular complexity index is 619. The van der Waals surface area contributed by atoms with Crippen LogP contribution in [-0.2, 0) is 9.59 Å². The van der Waals surface area contributed by atoms with E-state index < -0.39 is 17.9 Å². The molecule has 7 nitrogen and oxygen atoms in total. The lowest BCUT2D eigenvalue weighted by Gasteiger charge is -2.16. The van der Waals surface area contributed by atoms with Gasteiger partial charge in [-0.1, -0.05) is 25.4 Å². The normalized spacial score (nSPS) is 11.8. The second-order valence-corrected chi connectivity index (χ2v) is 6.02. The summed E-state index contributed by atoms with van der Waals surface area (Å²) in [5.74, 6) is -1.25. The number of halogens is 1. The molecule has 1 aromatic carbocycles. The third kappa shape index (κ3) is 5.82. The third-order valence-electron chi connectivity index (χ3n) is 3.28. The van der Waals surface area contributed by atoms with Crippen LogP contribution in [0.5, 0.6) is 0 Å². The molecule has 0 aliphatic carbocycles. The molecule has 0 aliphatic heterocycles. The van der Waals surface area contributed by atoms with Crippen molar-refractivity contribution in [1.29, 1.82) is 0 Å². The number of anilines is 1. The minimum atomic E-state index is -0.685. The van der Waals surface area contributed by atoms with Crippen LogP contribution in [0.25, 0.3) is 0 Å².